The Morgan fingerprint density at radius 1 is 1.14 bits per heavy atom. The number of rotatable bonds is 6. The van der Waals surface area contributed by atoms with Crippen LogP contribution < -0.4 is 5.32 Å². The number of benzene rings is 2. The highest BCUT2D eigenvalue weighted by Gasteiger charge is 2.20. The average molecular weight is 392 g/mol. The minimum absolute atomic E-state index is 0.840. The van der Waals surface area contributed by atoms with E-state index in [-0.39, 0.29) is 0 Å². The molecule has 2 aromatic carbocycles. The zero-order valence-corrected chi connectivity index (χ0v) is 17.0. The molecule has 0 bridgehead atoms. The molecule has 1 aliphatic rings. The van der Waals surface area contributed by atoms with Gasteiger partial charge in [0.2, 0.25) is 0 Å². The molecule has 0 amide bonds. The van der Waals surface area contributed by atoms with Crippen molar-refractivity contribution < 1.29 is 4.52 Å². The van der Waals surface area contributed by atoms with Crippen LogP contribution in [0.4, 0.5) is 5.82 Å². The van der Waals surface area contributed by atoms with Gasteiger partial charge in [-0.3, -0.25) is 4.90 Å². The van der Waals surface area contributed by atoms with Crippen LogP contribution in [0.1, 0.15) is 28.8 Å². The molecule has 4 nitrogen and oxygen atoms in total. The molecule has 0 saturated carbocycles. The maximum absolute atomic E-state index is 5.35. The van der Waals surface area contributed by atoms with Crippen LogP contribution in [0.2, 0.25) is 0 Å². The Hall–Kier alpha value is -2.37. The van der Waals surface area contributed by atoms with Gasteiger partial charge in [-0.15, -0.1) is 11.3 Å². The highest BCUT2D eigenvalue weighted by Crippen LogP contribution is 2.35. The molecular formula is C23H25N3OS. The standard InChI is InChI=1S/C23H25N3OS/c1-16-8-9-21-18(14-16)19-15-26(13-10-22(19)28-21)12-5-4-11-24-23-17-6-2-3-7-20(17)27-25-23/h2-3,6-9,14H,4-5,10-13,15H2,1H3,(H,24,25). The zero-order chi connectivity index (χ0) is 18.9. The molecule has 5 rings (SSSR count). The number of nitrogens with zero attached hydrogens (tertiary/aromatic N) is 2. The van der Waals surface area contributed by atoms with E-state index in [4.69, 9.17) is 4.52 Å². The van der Waals surface area contributed by atoms with E-state index >= 15 is 0 Å². The zero-order valence-electron chi connectivity index (χ0n) is 16.2. The molecule has 144 valence electrons. The molecule has 0 radical (unpaired) electrons. The number of nitrogens with one attached hydrogen (secondary N) is 1. The number of aryl methyl sites for hydroxylation is 1. The number of fused-ring (bicyclic) bond motifs is 4. The summed E-state index contributed by atoms with van der Waals surface area (Å²) >= 11 is 1.99. The molecule has 0 saturated heterocycles. The fourth-order valence-corrected chi connectivity index (χ4v) is 5.31. The second-order valence-electron chi connectivity index (χ2n) is 7.69. The van der Waals surface area contributed by atoms with E-state index in [1.165, 1.54) is 35.0 Å². The topological polar surface area (TPSA) is 41.3 Å². The van der Waals surface area contributed by atoms with Gasteiger partial charge in [-0.05, 0) is 61.9 Å². The molecule has 4 aromatic rings. The Morgan fingerprint density at radius 3 is 3.04 bits per heavy atom. The number of hydrogen-bond acceptors (Lipinski definition) is 5. The van der Waals surface area contributed by atoms with Crippen LogP contribution in [0.3, 0.4) is 0 Å². The molecule has 0 aliphatic carbocycles. The van der Waals surface area contributed by atoms with E-state index in [0.717, 1.165) is 42.8 Å². The molecule has 1 N–H and O–H groups in total. The first-order valence-electron chi connectivity index (χ1n) is 10.1. The second kappa shape index (κ2) is 7.57. The number of anilines is 1. The van der Waals surface area contributed by atoms with Gasteiger partial charge >= 0.3 is 0 Å². The van der Waals surface area contributed by atoms with Crippen molar-refractivity contribution >= 4 is 38.2 Å². The molecule has 5 heteroatoms. The van der Waals surface area contributed by atoms with E-state index in [1.54, 1.807) is 10.4 Å². The number of thiophene rings is 1. The van der Waals surface area contributed by atoms with E-state index < -0.39 is 0 Å². The van der Waals surface area contributed by atoms with Gasteiger partial charge in [0.15, 0.2) is 11.4 Å². The van der Waals surface area contributed by atoms with E-state index in [9.17, 15) is 0 Å². The van der Waals surface area contributed by atoms with Crippen LogP contribution >= 0.6 is 11.3 Å². The summed E-state index contributed by atoms with van der Waals surface area (Å²) in [6.45, 7) is 6.55. The lowest BCUT2D eigenvalue weighted by Gasteiger charge is -2.27. The van der Waals surface area contributed by atoms with Crippen molar-refractivity contribution in [3.63, 3.8) is 0 Å². The largest absolute Gasteiger partial charge is 0.367 e. The van der Waals surface area contributed by atoms with Crippen LogP contribution in [0.5, 0.6) is 0 Å². The minimum atomic E-state index is 0.840. The second-order valence-corrected chi connectivity index (χ2v) is 8.83. The van der Waals surface area contributed by atoms with Gasteiger partial charge in [0, 0.05) is 29.2 Å². The maximum Gasteiger partial charge on any atom is 0.177 e. The summed E-state index contributed by atoms with van der Waals surface area (Å²) in [6.07, 6.45) is 3.52. The summed E-state index contributed by atoms with van der Waals surface area (Å²) in [7, 11) is 0. The summed E-state index contributed by atoms with van der Waals surface area (Å²) in [5.41, 5.74) is 3.77. The van der Waals surface area contributed by atoms with Crippen molar-refractivity contribution in [3.05, 3.63) is 58.5 Å². The van der Waals surface area contributed by atoms with Crippen molar-refractivity contribution in [2.24, 2.45) is 0 Å². The van der Waals surface area contributed by atoms with E-state index in [2.05, 4.69) is 40.5 Å². The maximum atomic E-state index is 5.35. The predicted molar refractivity (Wildman–Crippen MR) is 117 cm³/mol. The van der Waals surface area contributed by atoms with Gasteiger partial charge in [-0.2, -0.15) is 0 Å². The summed E-state index contributed by atoms with van der Waals surface area (Å²) in [5, 5.41) is 10.1. The Morgan fingerprint density at radius 2 is 2.07 bits per heavy atom. The molecule has 0 unspecified atom stereocenters. The van der Waals surface area contributed by atoms with Crippen LogP contribution in [-0.4, -0.2) is 29.7 Å². The van der Waals surface area contributed by atoms with Gasteiger partial charge in [0.05, 0.1) is 5.39 Å². The van der Waals surface area contributed by atoms with Crippen LogP contribution in [0.25, 0.3) is 21.1 Å². The van der Waals surface area contributed by atoms with Crippen molar-refractivity contribution in [2.45, 2.75) is 32.7 Å². The molecule has 0 atom stereocenters. The summed E-state index contributed by atoms with van der Waals surface area (Å²) in [6, 6.07) is 14.9. The van der Waals surface area contributed by atoms with Crippen LogP contribution in [-0.2, 0) is 13.0 Å². The monoisotopic (exact) mass is 391 g/mol. The molecule has 1 aliphatic heterocycles. The first-order chi connectivity index (χ1) is 13.8. The van der Waals surface area contributed by atoms with Gasteiger partial charge in [0.1, 0.15) is 0 Å². The Balaban J connectivity index is 1.14. The van der Waals surface area contributed by atoms with Crippen molar-refractivity contribution in [2.75, 3.05) is 25.0 Å². The van der Waals surface area contributed by atoms with Gasteiger partial charge in [-0.1, -0.05) is 35.0 Å². The summed E-state index contributed by atoms with van der Waals surface area (Å²) < 4.78 is 6.80. The highest BCUT2D eigenvalue weighted by atomic mass is 32.1. The van der Waals surface area contributed by atoms with Crippen molar-refractivity contribution in [3.8, 4) is 0 Å². The van der Waals surface area contributed by atoms with Gasteiger partial charge in [0.25, 0.3) is 0 Å². The number of para-hydroxylation sites is 1. The first kappa shape index (κ1) is 17.7. The van der Waals surface area contributed by atoms with Crippen molar-refractivity contribution in [1.29, 1.82) is 0 Å². The average Bonchev–Trinajstić information content (AvgIpc) is 3.29. The third-order valence-corrected chi connectivity index (χ3v) is 6.91. The van der Waals surface area contributed by atoms with Gasteiger partial charge < -0.3 is 9.84 Å². The SMILES string of the molecule is Cc1ccc2sc3c(c2c1)CN(CCCCNc1noc2ccccc12)CC3. The van der Waals surface area contributed by atoms with Crippen molar-refractivity contribution in [1.82, 2.24) is 10.1 Å². The van der Waals surface area contributed by atoms with Crippen LogP contribution in [0.15, 0.2) is 47.0 Å². The molecule has 3 heterocycles. The predicted octanol–water partition coefficient (Wildman–Crippen LogP) is 5.60. The first-order valence-corrected chi connectivity index (χ1v) is 10.9. The Bertz CT molecular complexity index is 1110. The lowest BCUT2D eigenvalue weighted by atomic mass is 10.0. The smallest absolute Gasteiger partial charge is 0.177 e. The van der Waals surface area contributed by atoms with E-state index in [0.29, 0.717) is 0 Å². The number of hydrogen-bond donors (Lipinski definition) is 1. The molecule has 2 aromatic heterocycles. The normalized spacial score (nSPS) is 14.6. The quantitative estimate of drug-likeness (QED) is 0.434. The Labute approximate surface area is 169 Å². The minimum Gasteiger partial charge on any atom is -0.367 e. The fourth-order valence-electron chi connectivity index (χ4n) is 4.12. The molecule has 0 spiro atoms. The summed E-state index contributed by atoms with van der Waals surface area (Å²) in [5.74, 6) is 0.860. The summed E-state index contributed by atoms with van der Waals surface area (Å²) in [4.78, 5) is 4.21. The highest BCUT2D eigenvalue weighted by molar-refractivity contribution is 7.19. The lowest BCUT2D eigenvalue weighted by Crippen LogP contribution is -2.30. The Kier molecular flexibility index (Phi) is 4.79. The van der Waals surface area contributed by atoms with Crippen LogP contribution in [0, 0.1) is 6.92 Å². The molecule has 28 heavy (non-hydrogen) atoms. The van der Waals surface area contributed by atoms with E-state index in [1.807, 2.05) is 35.6 Å². The molecular weight excluding hydrogens is 366 g/mol. The van der Waals surface area contributed by atoms with Gasteiger partial charge in [-0.25, -0.2) is 0 Å². The molecule has 0 fully saturated rings. The third-order valence-electron chi connectivity index (χ3n) is 5.64. The number of aromatic nitrogens is 1. The fraction of sp³-hybridized carbons (Fsp3) is 0.348. The third kappa shape index (κ3) is 3.40. The lowest BCUT2D eigenvalue weighted by molar-refractivity contribution is 0.253. The number of unbranched alkanes of at least 4 members (excludes halogenated alkanes) is 1.